The highest BCUT2D eigenvalue weighted by Crippen LogP contribution is 2.20. The fourth-order valence-corrected chi connectivity index (χ4v) is 4.47. The van der Waals surface area contributed by atoms with Crippen molar-refractivity contribution in [2.75, 3.05) is 0 Å². The molecule has 0 saturated carbocycles. The molecule has 0 N–H and O–H groups in total. The summed E-state index contributed by atoms with van der Waals surface area (Å²) in [6.45, 7) is 0. The van der Waals surface area contributed by atoms with Crippen LogP contribution in [-0.4, -0.2) is 24.4 Å². The number of hydrogen-bond acceptors (Lipinski definition) is 6. The molecule has 5 aromatic carbocycles. The molecule has 0 spiro atoms. The number of aliphatic imine (C=N–C) groups is 2. The predicted octanol–water partition coefficient (Wildman–Crippen LogP) is 9.95. The lowest BCUT2D eigenvalue weighted by atomic mass is 10.2. The summed E-state index contributed by atoms with van der Waals surface area (Å²) in [4.78, 5) is 33.3. The molecule has 226 valence electrons. The van der Waals surface area contributed by atoms with Crippen molar-refractivity contribution in [2.24, 2.45) is 9.98 Å². The zero-order valence-corrected chi connectivity index (χ0v) is 27.5. The maximum absolute atomic E-state index is 12.1. The summed E-state index contributed by atoms with van der Waals surface area (Å²) in [5.41, 5.74) is 5.07. The van der Waals surface area contributed by atoms with E-state index in [2.05, 4.69) is 41.8 Å². The molecule has 0 atom stereocenters. The zero-order chi connectivity index (χ0) is 32.1. The van der Waals surface area contributed by atoms with E-state index in [1.165, 1.54) is 12.2 Å². The second-order valence-electron chi connectivity index (χ2n) is 9.78. The van der Waals surface area contributed by atoms with E-state index in [1.54, 1.807) is 48.8 Å². The number of carbonyl (C=O) groups excluding carboxylic acids is 2. The second kappa shape index (κ2) is 16.2. The molecule has 0 aliphatic rings. The molecule has 0 heterocycles. The SMILES string of the molecule is O=C(C=Cc1ccc(Br)cc1)Oc1ccc(C=Nc2ccc(N=Cc3ccc(OC(=O)C=Cc4ccc(Br)cc4)cc3)cc2)cc1. The summed E-state index contributed by atoms with van der Waals surface area (Å²) in [5, 5.41) is 0. The summed E-state index contributed by atoms with van der Waals surface area (Å²) in [6, 6.07) is 37.0. The van der Waals surface area contributed by atoms with Crippen LogP contribution in [0.3, 0.4) is 0 Å². The topological polar surface area (TPSA) is 77.3 Å². The Hall–Kier alpha value is -5.18. The van der Waals surface area contributed by atoms with Gasteiger partial charge in [0.15, 0.2) is 0 Å². The average Bonchev–Trinajstić information content (AvgIpc) is 3.08. The number of hydrogen-bond donors (Lipinski definition) is 0. The molecule has 0 aromatic heterocycles. The van der Waals surface area contributed by atoms with E-state index in [0.29, 0.717) is 11.5 Å². The quantitative estimate of drug-likeness (QED) is 0.0620. The second-order valence-corrected chi connectivity index (χ2v) is 11.6. The summed E-state index contributed by atoms with van der Waals surface area (Å²) in [6.07, 6.45) is 9.68. The first-order valence-electron chi connectivity index (χ1n) is 14.1. The molecule has 0 radical (unpaired) electrons. The minimum absolute atomic E-state index is 0.449. The smallest absolute Gasteiger partial charge is 0.336 e. The van der Waals surface area contributed by atoms with Crippen LogP contribution in [0.15, 0.2) is 152 Å². The Balaban J connectivity index is 1.08. The van der Waals surface area contributed by atoms with Crippen LogP contribution in [0.2, 0.25) is 0 Å². The highest BCUT2D eigenvalue weighted by molar-refractivity contribution is 9.10. The van der Waals surface area contributed by atoms with Crippen molar-refractivity contribution >= 4 is 79.8 Å². The Morgan fingerprint density at radius 3 is 1.13 bits per heavy atom. The van der Waals surface area contributed by atoms with Crippen molar-refractivity contribution in [1.82, 2.24) is 0 Å². The van der Waals surface area contributed by atoms with Crippen LogP contribution in [0.1, 0.15) is 22.3 Å². The van der Waals surface area contributed by atoms with Crippen molar-refractivity contribution in [3.05, 3.63) is 165 Å². The molecular weight excluding hydrogens is 708 g/mol. The highest BCUT2D eigenvalue weighted by atomic mass is 79.9. The predicted molar refractivity (Wildman–Crippen MR) is 191 cm³/mol. The Kier molecular flexibility index (Phi) is 11.4. The summed E-state index contributed by atoms with van der Waals surface area (Å²) in [7, 11) is 0. The van der Waals surface area contributed by atoms with Crippen molar-refractivity contribution in [2.45, 2.75) is 0 Å². The molecule has 5 aromatic rings. The number of rotatable bonds is 10. The van der Waals surface area contributed by atoms with Gasteiger partial charge in [0.1, 0.15) is 11.5 Å². The molecule has 6 nitrogen and oxygen atoms in total. The largest absolute Gasteiger partial charge is 0.423 e. The number of halogens is 2. The van der Waals surface area contributed by atoms with Gasteiger partial charge in [0.25, 0.3) is 0 Å². The average molecular weight is 734 g/mol. The van der Waals surface area contributed by atoms with Gasteiger partial charge < -0.3 is 9.47 Å². The van der Waals surface area contributed by atoms with E-state index < -0.39 is 11.9 Å². The summed E-state index contributed by atoms with van der Waals surface area (Å²) >= 11 is 6.78. The van der Waals surface area contributed by atoms with E-state index in [0.717, 1.165) is 42.6 Å². The van der Waals surface area contributed by atoms with Gasteiger partial charge in [-0.25, -0.2) is 9.59 Å². The number of benzene rings is 5. The van der Waals surface area contributed by atoms with Crippen LogP contribution >= 0.6 is 31.9 Å². The van der Waals surface area contributed by atoms with Gasteiger partial charge in [0.2, 0.25) is 0 Å². The van der Waals surface area contributed by atoms with Crippen molar-refractivity contribution in [3.63, 3.8) is 0 Å². The Bertz CT molecular complexity index is 1750. The minimum atomic E-state index is -0.452. The number of nitrogens with zero attached hydrogens (tertiary/aromatic N) is 2. The minimum Gasteiger partial charge on any atom is -0.423 e. The summed E-state index contributed by atoms with van der Waals surface area (Å²) in [5.74, 6) is -0.00636. The van der Waals surface area contributed by atoms with Crippen LogP contribution in [-0.2, 0) is 9.59 Å². The Labute approximate surface area is 283 Å². The molecule has 0 aliphatic heterocycles. The van der Waals surface area contributed by atoms with E-state index in [4.69, 9.17) is 9.47 Å². The summed E-state index contributed by atoms with van der Waals surface area (Å²) < 4.78 is 12.7. The highest BCUT2D eigenvalue weighted by Gasteiger charge is 2.02. The maximum Gasteiger partial charge on any atom is 0.336 e. The van der Waals surface area contributed by atoms with Crippen LogP contribution in [0.4, 0.5) is 11.4 Å². The first kappa shape index (κ1) is 32.2. The van der Waals surface area contributed by atoms with E-state index in [1.807, 2.05) is 97.1 Å². The van der Waals surface area contributed by atoms with Gasteiger partial charge in [-0.15, -0.1) is 0 Å². The van der Waals surface area contributed by atoms with Crippen LogP contribution < -0.4 is 9.47 Å². The van der Waals surface area contributed by atoms with Gasteiger partial charge >= 0.3 is 11.9 Å². The third kappa shape index (κ3) is 10.5. The molecule has 8 heteroatoms. The number of ether oxygens (including phenoxy) is 2. The first-order valence-corrected chi connectivity index (χ1v) is 15.7. The monoisotopic (exact) mass is 732 g/mol. The molecule has 0 aliphatic carbocycles. The van der Waals surface area contributed by atoms with Crippen LogP contribution in [0.25, 0.3) is 12.2 Å². The zero-order valence-electron chi connectivity index (χ0n) is 24.3. The molecule has 5 rings (SSSR count). The van der Waals surface area contributed by atoms with Crippen LogP contribution in [0, 0.1) is 0 Å². The van der Waals surface area contributed by atoms with Gasteiger partial charge in [-0.2, -0.15) is 0 Å². The lowest BCUT2D eigenvalue weighted by molar-refractivity contribution is -0.129. The van der Waals surface area contributed by atoms with Gasteiger partial charge in [-0.05, 0) is 131 Å². The van der Waals surface area contributed by atoms with Crippen molar-refractivity contribution < 1.29 is 19.1 Å². The molecule has 0 fully saturated rings. The van der Waals surface area contributed by atoms with Gasteiger partial charge in [-0.3, -0.25) is 9.98 Å². The maximum atomic E-state index is 12.1. The normalized spacial score (nSPS) is 11.5. The fraction of sp³-hybridized carbons (Fsp3) is 0. The van der Waals surface area contributed by atoms with Crippen LogP contribution in [0.5, 0.6) is 11.5 Å². The fourth-order valence-electron chi connectivity index (χ4n) is 3.94. The molecule has 0 unspecified atom stereocenters. The number of esters is 2. The van der Waals surface area contributed by atoms with Gasteiger partial charge in [0, 0.05) is 33.5 Å². The van der Waals surface area contributed by atoms with E-state index in [9.17, 15) is 9.59 Å². The molecule has 0 saturated heterocycles. The third-order valence-corrected chi connectivity index (χ3v) is 7.39. The van der Waals surface area contributed by atoms with E-state index >= 15 is 0 Å². The third-order valence-electron chi connectivity index (χ3n) is 6.34. The molecule has 46 heavy (non-hydrogen) atoms. The molecular formula is C38H26Br2N2O4. The van der Waals surface area contributed by atoms with Gasteiger partial charge in [0.05, 0.1) is 11.4 Å². The Morgan fingerprint density at radius 1 is 0.457 bits per heavy atom. The van der Waals surface area contributed by atoms with E-state index in [-0.39, 0.29) is 0 Å². The lowest BCUT2D eigenvalue weighted by Gasteiger charge is -2.02. The van der Waals surface area contributed by atoms with Gasteiger partial charge in [-0.1, -0.05) is 56.1 Å². The standard InChI is InChI=1S/C38H26Br2N2O4/c39-31-11-1-27(2-12-31)9-23-37(43)45-35-19-5-29(6-20-35)25-41-33-15-17-34(18-16-33)42-26-30-7-21-36(22-8-30)46-38(44)24-10-28-3-13-32(40)14-4-28/h1-26H. The van der Waals surface area contributed by atoms with Crippen molar-refractivity contribution in [3.8, 4) is 11.5 Å². The molecule has 0 amide bonds. The first-order chi connectivity index (χ1) is 22.4. The Morgan fingerprint density at radius 2 is 0.783 bits per heavy atom. The lowest BCUT2D eigenvalue weighted by Crippen LogP contribution is -2.03. The number of carbonyl (C=O) groups is 2. The van der Waals surface area contributed by atoms with Crippen molar-refractivity contribution in [1.29, 1.82) is 0 Å². The molecule has 0 bridgehead atoms.